The average Bonchev–Trinajstić information content (AvgIpc) is 2.31. The molecule has 0 aromatic rings. The Bertz CT molecular complexity index is 635. The molecular weight excluding hydrogens is 328 g/mol. The third kappa shape index (κ3) is 2.86. The van der Waals surface area contributed by atoms with Gasteiger partial charge in [0.2, 0.25) is 0 Å². The van der Waals surface area contributed by atoms with Gasteiger partial charge in [-0.2, -0.15) is 16.8 Å². The molecule has 0 amide bonds. The van der Waals surface area contributed by atoms with Crippen LogP contribution in [-0.4, -0.2) is 41.6 Å². The third-order valence-electron chi connectivity index (χ3n) is 5.35. The highest BCUT2D eigenvalue weighted by molar-refractivity contribution is 7.86. The molecule has 6 nitrogen and oxygen atoms in total. The Balaban J connectivity index is 1.91. The molecule has 4 atom stereocenters. The molecular formula is C14H22O6S2. The van der Waals surface area contributed by atoms with Gasteiger partial charge in [0.15, 0.2) is 0 Å². The SMILES string of the molecule is CS(=O)(=O)O[C@H]1C[C@@]23C=C[C@@]2(CCCC3)C[C@H]1OS(C)(=O)=O. The van der Waals surface area contributed by atoms with Gasteiger partial charge in [0.05, 0.1) is 12.5 Å². The summed E-state index contributed by atoms with van der Waals surface area (Å²) in [6.45, 7) is 0. The van der Waals surface area contributed by atoms with Crippen molar-refractivity contribution in [2.75, 3.05) is 12.5 Å². The van der Waals surface area contributed by atoms with Crippen molar-refractivity contribution in [1.29, 1.82) is 0 Å². The van der Waals surface area contributed by atoms with Crippen LogP contribution in [-0.2, 0) is 28.6 Å². The zero-order valence-corrected chi connectivity index (χ0v) is 14.5. The van der Waals surface area contributed by atoms with Crippen LogP contribution >= 0.6 is 0 Å². The molecule has 22 heavy (non-hydrogen) atoms. The van der Waals surface area contributed by atoms with Crippen molar-refractivity contribution in [2.24, 2.45) is 10.8 Å². The van der Waals surface area contributed by atoms with E-state index in [1.165, 1.54) is 0 Å². The molecule has 2 saturated carbocycles. The lowest BCUT2D eigenvalue weighted by Crippen LogP contribution is -2.59. The minimum atomic E-state index is -3.67. The van der Waals surface area contributed by atoms with Crippen LogP contribution in [0.1, 0.15) is 38.5 Å². The summed E-state index contributed by atoms with van der Waals surface area (Å²) in [5.41, 5.74) is -0.115. The Morgan fingerprint density at radius 2 is 1.18 bits per heavy atom. The van der Waals surface area contributed by atoms with E-state index < -0.39 is 32.4 Å². The second-order valence-corrected chi connectivity index (χ2v) is 10.1. The quantitative estimate of drug-likeness (QED) is 0.565. The van der Waals surface area contributed by atoms with E-state index in [1.54, 1.807) is 0 Å². The van der Waals surface area contributed by atoms with Crippen molar-refractivity contribution in [3.05, 3.63) is 12.2 Å². The first-order valence-electron chi connectivity index (χ1n) is 7.51. The van der Waals surface area contributed by atoms with Crippen molar-refractivity contribution in [3.8, 4) is 0 Å². The fourth-order valence-electron chi connectivity index (χ4n) is 4.47. The summed E-state index contributed by atoms with van der Waals surface area (Å²) >= 11 is 0. The molecule has 0 unspecified atom stereocenters. The zero-order chi connectivity index (χ0) is 16.2. The topological polar surface area (TPSA) is 86.7 Å². The number of hydrogen-bond acceptors (Lipinski definition) is 6. The van der Waals surface area contributed by atoms with Crippen molar-refractivity contribution >= 4 is 20.2 Å². The van der Waals surface area contributed by atoms with Crippen LogP contribution in [0.3, 0.4) is 0 Å². The largest absolute Gasteiger partial charge is 0.264 e. The van der Waals surface area contributed by atoms with Gasteiger partial charge in [0, 0.05) is 10.8 Å². The summed E-state index contributed by atoms with van der Waals surface area (Å²) in [6.07, 6.45) is 9.99. The Morgan fingerprint density at radius 3 is 1.45 bits per heavy atom. The van der Waals surface area contributed by atoms with Crippen molar-refractivity contribution in [2.45, 2.75) is 50.7 Å². The van der Waals surface area contributed by atoms with Crippen LogP contribution < -0.4 is 0 Å². The Hall–Kier alpha value is -0.440. The van der Waals surface area contributed by atoms with E-state index in [2.05, 4.69) is 12.2 Å². The molecule has 0 aromatic carbocycles. The Morgan fingerprint density at radius 1 is 0.818 bits per heavy atom. The van der Waals surface area contributed by atoms with Gasteiger partial charge in [0.1, 0.15) is 12.2 Å². The number of allylic oxidation sites excluding steroid dienone is 2. The first kappa shape index (κ1) is 16.4. The molecule has 0 N–H and O–H groups in total. The van der Waals surface area contributed by atoms with E-state index in [9.17, 15) is 16.8 Å². The monoisotopic (exact) mass is 350 g/mol. The first-order chi connectivity index (χ1) is 10.0. The summed E-state index contributed by atoms with van der Waals surface area (Å²) in [5.74, 6) is 0. The normalized spacial score (nSPS) is 41.4. The molecule has 3 aliphatic carbocycles. The molecule has 126 valence electrons. The summed E-state index contributed by atoms with van der Waals surface area (Å²) in [5, 5.41) is 0. The van der Waals surface area contributed by atoms with Crippen LogP contribution in [0.5, 0.6) is 0 Å². The number of hydrogen-bond donors (Lipinski definition) is 0. The van der Waals surface area contributed by atoms with E-state index in [0.717, 1.165) is 38.2 Å². The summed E-state index contributed by atoms with van der Waals surface area (Å²) < 4.78 is 56.5. The highest BCUT2D eigenvalue weighted by Gasteiger charge is 2.61. The van der Waals surface area contributed by atoms with Crippen LogP contribution in [0, 0.1) is 10.8 Å². The van der Waals surface area contributed by atoms with E-state index in [-0.39, 0.29) is 10.8 Å². The first-order valence-corrected chi connectivity index (χ1v) is 11.1. The van der Waals surface area contributed by atoms with Gasteiger partial charge in [-0.3, -0.25) is 8.37 Å². The molecule has 0 saturated heterocycles. The molecule has 0 radical (unpaired) electrons. The zero-order valence-electron chi connectivity index (χ0n) is 12.8. The van der Waals surface area contributed by atoms with Crippen molar-refractivity contribution in [3.63, 3.8) is 0 Å². The molecule has 3 aliphatic rings. The van der Waals surface area contributed by atoms with E-state index >= 15 is 0 Å². The van der Waals surface area contributed by atoms with Crippen molar-refractivity contribution < 1.29 is 25.2 Å². The Labute approximate surface area is 132 Å². The predicted octanol–water partition coefficient (Wildman–Crippen LogP) is 1.59. The fourth-order valence-corrected chi connectivity index (χ4v) is 5.75. The van der Waals surface area contributed by atoms with Gasteiger partial charge in [-0.15, -0.1) is 0 Å². The van der Waals surface area contributed by atoms with Crippen LogP contribution in [0.2, 0.25) is 0 Å². The van der Waals surface area contributed by atoms with Gasteiger partial charge in [0.25, 0.3) is 20.2 Å². The minimum Gasteiger partial charge on any atom is -0.264 e. The van der Waals surface area contributed by atoms with E-state index in [0.29, 0.717) is 12.8 Å². The summed E-state index contributed by atoms with van der Waals surface area (Å²) in [4.78, 5) is 0. The van der Waals surface area contributed by atoms with Gasteiger partial charge < -0.3 is 0 Å². The molecule has 0 heterocycles. The highest BCUT2D eigenvalue weighted by Crippen LogP contribution is 2.66. The van der Waals surface area contributed by atoms with Gasteiger partial charge in [-0.25, -0.2) is 0 Å². The maximum Gasteiger partial charge on any atom is 0.264 e. The van der Waals surface area contributed by atoms with Gasteiger partial charge >= 0.3 is 0 Å². The molecule has 3 rings (SSSR count). The lowest BCUT2D eigenvalue weighted by atomic mass is 9.43. The smallest absolute Gasteiger partial charge is 0.264 e. The maximum atomic E-state index is 11.5. The van der Waals surface area contributed by atoms with Crippen LogP contribution in [0.25, 0.3) is 0 Å². The summed E-state index contributed by atoms with van der Waals surface area (Å²) in [7, 11) is -7.34. The lowest BCUT2D eigenvalue weighted by molar-refractivity contribution is -0.104. The second kappa shape index (κ2) is 5.03. The van der Waals surface area contributed by atoms with Crippen molar-refractivity contribution in [1.82, 2.24) is 0 Å². The standard InChI is InChI=1S/C14H22O6S2/c1-21(15,16)19-11-9-13-5-3-4-6-14(13,8-7-13)10-12(11)20-22(2,17)18/h7-8,11-12H,3-6,9-10H2,1-2H3/t11-,12+,13+,14-. The van der Waals surface area contributed by atoms with Crippen LogP contribution in [0.15, 0.2) is 12.2 Å². The molecule has 8 heteroatoms. The average molecular weight is 350 g/mol. The van der Waals surface area contributed by atoms with Gasteiger partial charge in [-0.05, 0) is 25.7 Å². The fraction of sp³-hybridized carbons (Fsp3) is 0.857. The Kier molecular flexibility index (Phi) is 3.75. The number of rotatable bonds is 4. The molecule has 0 bridgehead atoms. The minimum absolute atomic E-state index is 0.0576. The lowest BCUT2D eigenvalue weighted by Gasteiger charge is -2.62. The molecule has 2 fully saturated rings. The van der Waals surface area contributed by atoms with E-state index in [1.807, 2.05) is 0 Å². The summed E-state index contributed by atoms with van der Waals surface area (Å²) in [6, 6.07) is 0. The second-order valence-electron chi connectivity index (χ2n) is 6.94. The van der Waals surface area contributed by atoms with E-state index in [4.69, 9.17) is 8.37 Å². The molecule has 0 spiro atoms. The maximum absolute atomic E-state index is 11.5. The van der Waals surface area contributed by atoms with Gasteiger partial charge in [-0.1, -0.05) is 25.0 Å². The third-order valence-corrected chi connectivity index (χ3v) is 6.54. The predicted molar refractivity (Wildman–Crippen MR) is 81.1 cm³/mol. The van der Waals surface area contributed by atoms with Crippen LogP contribution in [0.4, 0.5) is 0 Å². The molecule has 0 aliphatic heterocycles. The highest BCUT2D eigenvalue weighted by atomic mass is 32.2. The molecule has 0 aromatic heterocycles.